The predicted molar refractivity (Wildman–Crippen MR) is 54.0 cm³/mol. The molecule has 0 bridgehead atoms. The van der Waals surface area contributed by atoms with Gasteiger partial charge in [0, 0.05) is 12.2 Å². The SMILES string of the molecule is CNC(c1ccoc1)C1OCCC1C. The highest BCUT2D eigenvalue weighted by atomic mass is 16.5. The molecule has 3 nitrogen and oxygen atoms in total. The molecule has 1 aliphatic rings. The highest BCUT2D eigenvalue weighted by Crippen LogP contribution is 2.31. The number of furan rings is 1. The van der Waals surface area contributed by atoms with Crippen LogP contribution in [-0.2, 0) is 4.74 Å². The van der Waals surface area contributed by atoms with Crippen LogP contribution in [0.3, 0.4) is 0 Å². The number of hydrogen-bond acceptors (Lipinski definition) is 3. The van der Waals surface area contributed by atoms with Crippen LogP contribution in [0.2, 0.25) is 0 Å². The lowest BCUT2D eigenvalue weighted by atomic mass is 9.94. The lowest BCUT2D eigenvalue weighted by molar-refractivity contribution is 0.0629. The van der Waals surface area contributed by atoms with E-state index >= 15 is 0 Å². The zero-order valence-corrected chi connectivity index (χ0v) is 8.69. The molecular weight excluding hydrogens is 178 g/mol. The van der Waals surface area contributed by atoms with Crippen LogP contribution in [0.1, 0.15) is 24.9 Å². The summed E-state index contributed by atoms with van der Waals surface area (Å²) in [6.45, 7) is 3.12. The summed E-state index contributed by atoms with van der Waals surface area (Å²) in [6.07, 6.45) is 4.92. The summed E-state index contributed by atoms with van der Waals surface area (Å²) in [7, 11) is 1.96. The second-order valence-corrected chi connectivity index (χ2v) is 3.92. The first-order valence-corrected chi connectivity index (χ1v) is 5.14. The highest BCUT2D eigenvalue weighted by Gasteiger charge is 2.32. The van der Waals surface area contributed by atoms with Crippen LogP contribution in [0.4, 0.5) is 0 Å². The normalized spacial score (nSPS) is 29.3. The van der Waals surface area contributed by atoms with Crippen LogP contribution in [-0.4, -0.2) is 19.8 Å². The van der Waals surface area contributed by atoms with E-state index in [2.05, 4.69) is 12.2 Å². The van der Waals surface area contributed by atoms with Gasteiger partial charge in [-0.05, 0) is 25.5 Å². The first-order chi connectivity index (χ1) is 6.83. The molecule has 0 radical (unpaired) electrons. The summed E-state index contributed by atoms with van der Waals surface area (Å²) in [6, 6.07) is 2.25. The van der Waals surface area contributed by atoms with Crippen LogP contribution in [0.15, 0.2) is 23.0 Å². The molecule has 0 spiro atoms. The Balaban J connectivity index is 2.13. The minimum Gasteiger partial charge on any atom is -0.472 e. The van der Waals surface area contributed by atoms with Crippen molar-refractivity contribution in [2.45, 2.75) is 25.5 Å². The summed E-state index contributed by atoms with van der Waals surface area (Å²) in [5.74, 6) is 0.613. The molecule has 3 atom stereocenters. The molecule has 1 aliphatic heterocycles. The van der Waals surface area contributed by atoms with E-state index < -0.39 is 0 Å². The Hall–Kier alpha value is -0.800. The van der Waals surface area contributed by atoms with Gasteiger partial charge in [0.25, 0.3) is 0 Å². The number of nitrogens with one attached hydrogen (secondary N) is 1. The van der Waals surface area contributed by atoms with E-state index in [1.165, 1.54) is 5.56 Å². The Kier molecular flexibility index (Phi) is 2.89. The molecule has 0 aromatic carbocycles. The molecule has 1 N–H and O–H groups in total. The van der Waals surface area contributed by atoms with Crippen molar-refractivity contribution in [2.24, 2.45) is 5.92 Å². The smallest absolute Gasteiger partial charge is 0.0951 e. The fourth-order valence-electron chi connectivity index (χ4n) is 2.12. The highest BCUT2D eigenvalue weighted by molar-refractivity contribution is 5.14. The zero-order valence-electron chi connectivity index (χ0n) is 8.69. The van der Waals surface area contributed by atoms with Crippen molar-refractivity contribution < 1.29 is 9.15 Å². The van der Waals surface area contributed by atoms with Gasteiger partial charge in [0.05, 0.1) is 24.7 Å². The second-order valence-electron chi connectivity index (χ2n) is 3.92. The molecule has 2 heterocycles. The molecule has 3 heteroatoms. The second kappa shape index (κ2) is 4.15. The van der Waals surface area contributed by atoms with Gasteiger partial charge in [0.2, 0.25) is 0 Å². The molecular formula is C11H17NO2. The quantitative estimate of drug-likeness (QED) is 0.800. The van der Waals surface area contributed by atoms with Crippen molar-refractivity contribution in [1.29, 1.82) is 0 Å². The third-order valence-electron chi connectivity index (χ3n) is 2.99. The van der Waals surface area contributed by atoms with Gasteiger partial charge in [-0.3, -0.25) is 0 Å². The fraction of sp³-hybridized carbons (Fsp3) is 0.636. The Morgan fingerprint density at radius 2 is 2.43 bits per heavy atom. The molecule has 1 aromatic rings. The third-order valence-corrected chi connectivity index (χ3v) is 2.99. The molecule has 0 aliphatic carbocycles. The van der Waals surface area contributed by atoms with Crippen molar-refractivity contribution in [3.05, 3.63) is 24.2 Å². The van der Waals surface area contributed by atoms with E-state index in [0.717, 1.165) is 13.0 Å². The minimum absolute atomic E-state index is 0.256. The standard InChI is InChI=1S/C11H17NO2/c1-8-3-6-14-11(8)10(12-2)9-4-5-13-7-9/h4-5,7-8,10-12H,3,6H2,1-2H3. The molecule has 78 valence electrons. The first kappa shape index (κ1) is 9.74. The monoisotopic (exact) mass is 195 g/mol. The van der Waals surface area contributed by atoms with E-state index in [4.69, 9.17) is 9.15 Å². The van der Waals surface area contributed by atoms with Crippen LogP contribution in [0.25, 0.3) is 0 Å². The maximum atomic E-state index is 5.74. The van der Waals surface area contributed by atoms with Crippen LogP contribution in [0.5, 0.6) is 0 Å². The summed E-state index contributed by atoms with van der Waals surface area (Å²) in [5, 5.41) is 3.29. The maximum absolute atomic E-state index is 5.74. The largest absolute Gasteiger partial charge is 0.472 e. The molecule has 0 saturated carbocycles. The van der Waals surface area contributed by atoms with Crippen LogP contribution >= 0.6 is 0 Å². The van der Waals surface area contributed by atoms with Crippen molar-refractivity contribution in [3.8, 4) is 0 Å². The Labute approximate surface area is 84.4 Å². The average molecular weight is 195 g/mol. The molecule has 1 aromatic heterocycles. The molecule has 0 amide bonds. The van der Waals surface area contributed by atoms with E-state index in [1.54, 1.807) is 12.5 Å². The Bertz CT molecular complexity index is 271. The van der Waals surface area contributed by atoms with Gasteiger partial charge < -0.3 is 14.5 Å². The molecule has 2 rings (SSSR count). The van der Waals surface area contributed by atoms with Crippen LogP contribution in [0, 0.1) is 5.92 Å². The summed E-state index contributed by atoms with van der Waals surface area (Å²) in [5.41, 5.74) is 1.17. The van der Waals surface area contributed by atoms with Crippen LogP contribution < -0.4 is 5.32 Å². The average Bonchev–Trinajstić information content (AvgIpc) is 2.80. The van der Waals surface area contributed by atoms with E-state index in [-0.39, 0.29) is 12.1 Å². The zero-order chi connectivity index (χ0) is 9.97. The Morgan fingerprint density at radius 1 is 1.57 bits per heavy atom. The summed E-state index contributed by atoms with van der Waals surface area (Å²) >= 11 is 0. The topological polar surface area (TPSA) is 34.4 Å². The van der Waals surface area contributed by atoms with Gasteiger partial charge in [-0.25, -0.2) is 0 Å². The lowest BCUT2D eigenvalue weighted by Gasteiger charge is -2.24. The van der Waals surface area contributed by atoms with Gasteiger partial charge >= 0.3 is 0 Å². The van der Waals surface area contributed by atoms with Crippen molar-refractivity contribution in [2.75, 3.05) is 13.7 Å². The van der Waals surface area contributed by atoms with E-state index in [9.17, 15) is 0 Å². The number of hydrogen-bond donors (Lipinski definition) is 1. The minimum atomic E-state index is 0.256. The molecule has 3 unspecified atom stereocenters. The first-order valence-electron chi connectivity index (χ1n) is 5.14. The van der Waals surface area contributed by atoms with Gasteiger partial charge in [-0.2, -0.15) is 0 Å². The van der Waals surface area contributed by atoms with E-state index in [0.29, 0.717) is 5.92 Å². The Morgan fingerprint density at radius 3 is 2.93 bits per heavy atom. The maximum Gasteiger partial charge on any atom is 0.0951 e. The van der Waals surface area contributed by atoms with Gasteiger partial charge in [0.15, 0.2) is 0 Å². The molecule has 14 heavy (non-hydrogen) atoms. The summed E-state index contributed by atoms with van der Waals surface area (Å²) in [4.78, 5) is 0. The fourth-order valence-corrected chi connectivity index (χ4v) is 2.12. The van der Waals surface area contributed by atoms with Crippen molar-refractivity contribution >= 4 is 0 Å². The molecule has 1 fully saturated rings. The lowest BCUT2D eigenvalue weighted by Crippen LogP contribution is -2.32. The number of likely N-dealkylation sites (N-methyl/N-ethyl adjacent to an activating group) is 1. The predicted octanol–water partition coefficient (Wildman–Crippen LogP) is 1.97. The van der Waals surface area contributed by atoms with Gasteiger partial charge in [0.1, 0.15) is 0 Å². The van der Waals surface area contributed by atoms with Crippen molar-refractivity contribution in [1.82, 2.24) is 5.32 Å². The number of rotatable bonds is 3. The molecule has 1 saturated heterocycles. The van der Waals surface area contributed by atoms with Gasteiger partial charge in [-0.15, -0.1) is 0 Å². The van der Waals surface area contributed by atoms with Gasteiger partial charge in [-0.1, -0.05) is 6.92 Å². The third kappa shape index (κ3) is 1.70. The van der Waals surface area contributed by atoms with Crippen molar-refractivity contribution in [3.63, 3.8) is 0 Å². The number of ether oxygens (including phenoxy) is 1. The van der Waals surface area contributed by atoms with E-state index in [1.807, 2.05) is 13.1 Å². The summed E-state index contributed by atoms with van der Waals surface area (Å²) < 4.78 is 10.8.